The van der Waals surface area contributed by atoms with Crippen molar-refractivity contribution in [2.75, 3.05) is 24.8 Å². The van der Waals surface area contributed by atoms with E-state index in [1.165, 1.54) is 42.7 Å². The van der Waals surface area contributed by atoms with Crippen LogP contribution in [0.5, 0.6) is 5.75 Å². The molecule has 3 aromatic rings. The molecule has 29 heavy (non-hydrogen) atoms. The van der Waals surface area contributed by atoms with Gasteiger partial charge in [-0.05, 0) is 37.3 Å². The Balaban J connectivity index is 1.85. The normalized spacial score (nSPS) is 11.2. The Bertz CT molecular complexity index is 1150. The first-order valence-electron chi connectivity index (χ1n) is 8.71. The highest BCUT2D eigenvalue weighted by Crippen LogP contribution is 2.36. The minimum atomic E-state index is -3.86. The summed E-state index contributed by atoms with van der Waals surface area (Å²) >= 11 is 1.19. The molecule has 0 bridgehead atoms. The number of carbonyl (C=O) groups is 2. The molecular weight excluding hydrogens is 414 g/mol. The number of thiophene rings is 1. The van der Waals surface area contributed by atoms with Crippen LogP contribution < -0.4 is 10.1 Å². The van der Waals surface area contributed by atoms with Crippen LogP contribution in [0, 0.1) is 0 Å². The first-order valence-corrected chi connectivity index (χ1v) is 11.2. The van der Waals surface area contributed by atoms with Gasteiger partial charge in [-0.1, -0.05) is 18.2 Å². The number of hydrogen-bond donors (Lipinski definition) is 1. The summed E-state index contributed by atoms with van der Waals surface area (Å²) in [6.07, 6.45) is 0. The highest BCUT2D eigenvalue weighted by molar-refractivity contribution is 7.92. The number of esters is 1. The number of fused-ring (bicyclic) bond motifs is 1. The molecule has 0 aliphatic heterocycles. The van der Waals surface area contributed by atoms with E-state index in [1.54, 1.807) is 19.1 Å². The van der Waals surface area contributed by atoms with Crippen molar-refractivity contribution in [1.82, 2.24) is 0 Å². The lowest BCUT2D eigenvalue weighted by molar-refractivity contribution is -0.113. The van der Waals surface area contributed by atoms with Crippen LogP contribution in [0.25, 0.3) is 10.1 Å². The van der Waals surface area contributed by atoms with Gasteiger partial charge in [-0.25, -0.2) is 13.2 Å². The predicted octanol–water partition coefficient (Wildman–Crippen LogP) is 3.50. The Morgan fingerprint density at radius 2 is 1.76 bits per heavy atom. The Labute approximate surface area is 172 Å². The van der Waals surface area contributed by atoms with Gasteiger partial charge in [-0.3, -0.25) is 4.79 Å². The lowest BCUT2D eigenvalue weighted by Crippen LogP contribution is -2.23. The Morgan fingerprint density at radius 1 is 1.07 bits per heavy atom. The SMILES string of the molecule is CCOC(=O)c1c(NC(=O)CS(=O)(=O)c2ccc(OC)cc2)sc2ccccc12. The maximum atomic E-state index is 12.5. The first-order chi connectivity index (χ1) is 13.9. The predicted molar refractivity (Wildman–Crippen MR) is 111 cm³/mol. The fourth-order valence-corrected chi connectivity index (χ4v) is 4.98. The molecule has 0 aliphatic carbocycles. The van der Waals surface area contributed by atoms with Crippen LogP contribution in [0.2, 0.25) is 0 Å². The van der Waals surface area contributed by atoms with Gasteiger partial charge in [-0.2, -0.15) is 0 Å². The molecule has 2 aromatic carbocycles. The second-order valence-corrected chi connectivity index (χ2v) is 9.05. The van der Waals surface area contributed by atoms with Gasteiger partial charge in [0.15, 0.2) is 9.84 Å². The van der Waals surface area contributed by atoms with Crippen LogP contribution in [-0.4, -0.2) is 39.8 Å². The second-order valence-electron chi connectivity index (χ2n) is 6.01. The molecular formula is C20H19NO6S2. The molecule has 3 rings (SSSR count). The fourth-order valence-electron chi connectivity index (χ4n) is 2.74. The molecule has 0 radical (unpaired) electrons. The van der Waals surface area contributed by atoms with Crippen molar-refractivity contribution in [1.29, 1.82) is 0 Å². The van der Waals surface area contributed by atoms with Crippen LogP contribution in [0.1, 0.15) is 17.3 Å². The lowest BCUT2D eigenvalue weighted by Gasteiger charge is -2.08. The molecule has 0 fully saturated rings. The third-order valence-electron chi connectivity index (χ3n) is 4.07. The molecule has 0 atom stereocenters. The molecule has 0 saturated carbocycles. The number of benzene rings is 2. The average Bonchev–Trinajstić information content (AvgIpc) is 3.05. The van der Waals surface area contributed by atoms with E-state index in [2.05, 4.69) is 5.32 Å². The zero-order valence-electron chi connectivity index (χ0n) is 15.8. The number of amides is 1. The molecule has 7 nitrogen and oxygen atoms in total. The van der Waals surface area contributed by atoms with Crippen LogP contribution in [0.15, 0.2) is 53.4 Å². The zero-order valence-corrected chi connectivity index (χ0v) is 17.4. The molecule has 0 unspecified atom stereocenters. The minimum Gasteiger partial charge on any atom is -0.497 e. The molecule has 0 aliphatic rings. The molecule has 1 aromatic heterocycles. The quantitative estimate of drug-likeness (QED) is 0.573. The number of ether oxygens (including phenoxy) is 2. The van der Waals surface area contributed by atoms with Crippen LogP contribution >= 0.6 is 11.3 Å². The van der Waals surface area contributed by atoms with Crippen molar-refractivity contribution in [2.24, 2.45) is 0 Å². The molecule has 0 saturated heterocycles. The maximum absolute atomic E-state index is 12.5. The molecule has 1 amide bonds. The Morgan fingerprint density at radius 3 is 2.41 bits per heavy atom. The van der Waals surface area contributed by atoms with Crippen molar-refractivity contribution in [3.05, 3.63) is 54.1 Å². The summed E-state index contributed by atoms with van der Waals surface area (Å²) in [5.74, 6) is -1.55. The third kappa shape index (κ3) is 4.57. The van der Waals surface area contributed by atoms with E-state index in [0.29, 0.717) is 11.1 Å². The third-order valence-corrected chi connectivity index (χ3v) is 6.79. The summed E-state index contributed by atoms with van der Waals surface area (Å²) in [7, 11) is -2.38. The Hall–Kier alpha value is -2.91. The fraction of sp³-hybridized carbons (Fsp3) is 0.200. The standard InChI is InChI=1S/C20H19NO6S2/c1-3-27-20(23)18-15-6-4-5-7-16(15)28-19(18)21-17(22)12-29(24,25)14-10-8-13(26-2)9-11-14/h4-11H,3,12H2,1-2H3,(H,21,22). The van der Waals surface area contributed by atoms with Gasteiger partial charge >= 0.3 is 5.97 Å². The Kier molecular flexibility index (Phi) is 6.19. The summed E-state index contributed by atoms with van der Waals surface area (Å²) in [6, 6.07) is 12.9. The summed E-state index contributed by atoms with van der Waals surface area (Å²) in [5, 5.41) is 3.47. The number of carbonyl (C=O) groups excluding carboxylic acids is 2. The van der Waals surface area contributed by atoms with E-state index in [-0.39, 0.29) is 22.1 Å². The number of nitrogens with one attached hydrogen (secondary N) is 1. The van der Waals surface area contributed by atoms with Crippen LogP contribution in [0.3, 0.4) is 0 Å². The van der Waals surface area contributed by atoms with Crippen molar-refractivity contribution < 1.29 is 27.5 Å². The monoisotopic (exact) mass is 433 g/mol. The number of sulfone groups is 1. The molecule has 152 valence electrons. The number of rotatable bonds is 7. The van der Waals surface area contributed by atoms with Gasteiger partial charge in [-0.15, -0.1) is 11.3 Å². The first kappa shape index (κ1) is 20.8. The summed E-state index contributed by atoms with van der Waals surface area (Å²) in [4.78, 5) is 24.9. The average molecular weight is 434 g/mol. The summed E-state index contributed by atoms with van der Waals surface area (Å²) < 4.78 is 36.0. The number of methoxy groups -OCH3 is 1. The van der Waals surface area contributed by atoms with E-state index in [9.17, 15) is 18.0 Å². The van der Waals surface area contributed by atoms with Gasteiger partial charge in [0.05, 0.1) is 18.6 Å². The minimum absolute atomic E-state index is 0.00964. The van der Waals surface area contributed by atoms with Gasteiger partial charge in [0.25, 0.3) is 0 Å². The molecule has 1 heterocycles. The highest BCUT2D eigenvalue weighted by atomic mass is 32.2. The van der Waals surface area contributed by atoms with Crippen LogP contribution in [0.4, 0.5) is 5.00 Å². The lowest BCUT2D eigenvalue weighted by atomic mass is 10.1. The maximum Gasteiger partial charge on any atom is 0.341 e. The number of anilines is 1. The van der Waals surface area contributed by atoms with E-state index >= 15 is 0 Å². The largest absolute Gasteiger partial charge is 0.497 e. The molecule has 9 heteroatoms. The summed E-state index contributed by atoms with van der Waals surface area (Å²) in [5.41, 5.74) is 0.225. The van der Waals surface area contributed by atoms with Crippen molar-refractivity contribution in [3.8, 4) is 5.75 Å². The zero-order chi connectivity index (χ0) is 21.0. The van der Waals surface area contributed by atoms with Crippen molar-refractivity contribution in [3.63, 3.8) is 0 Å². The summed E-state index contributed by atoms with van der Waals surface area (Å²) in [6.45, 7) is 1.87. The van der Waals surface area contributed by atoms with Gasteiger partial charge in [0.1, 0.15) is 22.1 Å². The topological polar surface area (TPSA) is 98.8 Å². The van der Waals surface area contributed by atoms with Gasteiger partial charge in [0, 0.05) is 10.1 Å². The van der Waals surface area contributed by atoms with E-state index < -0.39 is 27.5 Å². The van der Waals surface area contributed by atoms with Crippen molar-refractivity contribution >= 4 is 48.1 Å². The van der Waals surface area contributed by atoms with Gasteiger partial charge in [0.2, 0.25) is 5.91 Å². The molecule has 0 spiro atoms. The number of hydrogen-bond acceptors (Lipinski definition) is 7. The van der Waals surface area contributed by atoms with Gasteiger partial charge < -0.3 is 14.8 Å². The van der Waals surface area contributed by atoms with E-state index in [1.807, 2.05) is 12.1 Å². The van der Waals surface area contributed by atoms with E-state index in [4.69, 9.17) is 9.47 Å². The van der Waals surface area contributed by atoms with Crippen molar-refractivity contribution in [2.45, 2.75) is 11.8 Å². The molecule has 1 N–H and O–H groups in total. The second kappa shape index (κ2) is 8.62. The van der Waals surface area contributed by atoms with E-state index in [0.717, 1.165) is 4.70 Å². The highest BCUT2D eigenvalue weighted by Gasteiger charge is 2.24. The van der Waals surface area contributed by atoms with Crippen LogP contribution in [-0.2, 0) is 19.4 Å². The smallest absolute Gasteiger partial charge is 0.341 e.